The number of carbonyl (C=O) groups excluding carboxylic acids is 2. The van der Waals surface area contributed by atoms with Gasteiger partial charge >= 0.3 is 5.97 Å². The molecule has 0 saturated carbocycles. The highest BCUT2D eigenvalue weighted by atomic mass is 16.5. The molecule has 1 atom stereocenters. The quantitative estimate of drug-likeness (QED) is 0.360. The normalized spacial score (nSPS) is 11.6. The van der Waals surface area contributed by atoms with E-state index in [0.717, 1.165) is 5.56 Å². The minimum Gasteiger partial charge on any atom is -0.493 e. The Morgan fingerprint density at radius 3 is 2.48 bits per heavy atom. The molecule has 0 fully saturated rings. The summed E-state index contributed by atoms with van der Waals surface area (Å²) in [5.41, 5.74) is 1.20. The molecule has 2 N–H and O–H groups in total. The van der Waals surface area contributed by atoms with Crippen LogP contribution in [0.5, 0.6) is 11.5 Å². The van der Waals surface area contributed by atoms with Gasteiger partial charge in [0.15, 0.2) is 11.5 Å². The summed E-state index contributed by atoms with van der Waals surface area (Å²) in [6.07, 6.45) is 1.34. The van der Waals surface area contributed by atoms with Gasteiger partial charge in [-0.3, -0.25) is 4.79 Å². The molecular weight excluding hydrogens is 398 g/mol. The fourth-order valence-electron chi connectivity index (χ4n) is 2.74. The average molecular weight is 423 g/mol. The molecule has 0 aromatic heterocycles. The van der Waals surface area contributed by atoms with E-state index in [1.165, 1.54) is 6.20 Å². The number of hydrogen-bond donors (Lipinski definition) is 2. The highest BCUT2D eigenvalue weighted by Gasteiger charge is 2.17. The maximum Gasteiger partial charge on any atom is 0.340 e. The van der Waals surface area contributed by atoms with Gasteiger partial charge in [-0.05, 0) is 43.7 Å². The van der Waals surface area contributed by atoms with Gasteiger partial charge in [0.2, 0.25) is 0 Å². The number of ether oxygens (including phenoxy) is 3. The van der Waals surface area contributed by atoms with Crippen LogP contribution in [0.25, 0.3) is 0 Å². The van der Waals surface area contributed by atoms with E-state index >= 15 is 0 Å². The number of rotatable bonds is 9. The number of hydrogen-bond acceptors (Lipinski definition) is 7. The molecule has 0 aliphatic heterocycles. The Balaban J connectivity index is 2.15. The van der Waals surface area contributed by atoms with Crippen LogP contribution in [0.2, 0.25) is 0 Å². The van der Waals surface area contributed by atoms with E-state index in [4.69, 9.17) is 14.2 Å². The number of nitrogens with zero attached hydrogens (tertiary/aromatic N) is 1. The van der Waals surface area contributed by atoms with Crippen molar-refractivity contribution in [1.82, 2.24) is 5.32 Å². The van der Waals surface area contributed by atoms with Crippen molar-refractivity contribution in [2.45, 2.75) is 19.9 Å². The number of para-hydroxylation sites is 1. The van der Waals surface area contributed by atoms with Gasteiger partial charge in [-0.2, -0.15) is 5.26 Å². The lowest BCUT2D eigenvalue weighted by atomic mass is 10.1. The van der Waals surface area contributed by atoms with Crippen LogP contribution in [0.4, 0.5) is 5.69 Å². The van der Waals surface area contributed by atoms with Gasteiger partial charge in [-0.15, -0.1) is 0 Å². The maximum absolute atomic E-state index is 12.6. The summed E-state index contributed by atoms with van der Waals surface area (Å²) in [6, 6.07) is 13.5. The van der Waals surface area contributed by atoms with E-state index in [1.54, 1.807) is 51.5 Å². The molecule has 31 heavy (non-hydrogen) atoms. The predicted octanol–water partition coefficient (Wildman–Crippen LogP) is 3.58. The number of anilines is 1. The molecule has 2 rings (SSSR count). The van der Waals surface area contributed by atoms with Crippen molar-refractivity contribution in [2.75, 3.05) is 26.1 Å². The highest BCUT2D eigenvalue weighted by molar-refractivity contribution is 6.09. The molecule has 0 aliphatic rings. The van der Waals surface area contributed by atoms with Gasteiger partial charge < -0.3 is 24.8 Å². The lowest BCUT2D eigenvalue weighted by Crippen LogP contribution is -2.20. The van der Waals surface area contributed by atoms with Crippen LogP contribution in [0.15, 0.2) is 54.2 Å². The van der Waals surface area contributed by atoms with Gasteiger partial charge in [-0.1, -0.05) is 18.2 Å². The second kappa shape index (κ2) is 11.3. The molecule has 1 amide bonds. The predicted molar refractivity (Wildman–Crippen MR) is 116 cm³/mol. The smallest absolute Gasteiger partial charge is 0.340 e. The van der Waals surface area contributed by atoms with Crippen molar-refractivity contribution in [3.05, 3.63) is 65.4 Å². The van der Waals surface area contributed by atoms with Crippen LogP contribution in [-0.4, -0.2) is 32.7 Å². The first-order valence-electron chi connectivity index (χ1n) is 9.60. The third-order valence-electron chi connectivity index (χ3n) is 4.42. The monoisotopic (exact) mass is 423 g/mol. The van der Waals surface area contributed by atoms with Gasteiger partial charge in [0.1, 0.15) is 11.6 Å². The first kappa shape index (κ1) is 23.3. The summed E-state index contributed by atoms with van der Waals surface area (Å²) in [6.45, 7) is 3.78. The zero-order valence-electron chi connectivity index (χ0n) is 17.9. The highest BCUT2D eigenvalue weighted by Crippen LogP contribution is 2.29. The fraction of sp³-hybridized carbons (Fsp3) is 0.261. The van der Waals surface area contributed by atoms with E-state index in [0.29, 0.717) is 11.5 Å². The molecule has 0 aliphatic carbocycles. The molecule has 0 spiro atoms. The van der Waals surface area contributed by atoms with E-state index in [2.05, 4.69) is 10.6 Å². The van der Waals surface area contributed by atoms with Crippen LogP contribution in [0.1, 0.15) is 35.8 Å². The summed E-state index contributed by atoms with van der Waals surface area (Å²) in [4.78, 5) is 24.7. The lowest BCUT2D eigenvalue weighted by Gasteiger charge is -2.15. The third kappa shape index (κ3) is 6.00. The van der Waals surface area contributed by atoms with Gasteiger partial charge in [-0.25, -0.2) is 4.79 Å². The van der Waals surface area contributed by atoms with E-state index in [1.807, 2.05) is 25.1 Å². The fourth-order valence-corrected chi connectivity index (χ4v) is 2.74. The number of carbonyl (C=O) groups is 2. The number of nitriles is 1. The second-order valence-electron chi connectivity index (χ2n) is 6.39. The minimum atomic E-state index is -0.647. The van der Waals surface area contributed by atoms with Crippen LogP contribution in [0.3, 0.4) is 0 Å². The molecule has 2 aromatic carbocycles. The maximum atomic E-state index is 12.6. The van der Waals surface area contributed by atoms with Gasteiger partial charge in [0.25, 0.3) is 5.91 Å². The number of esters is 1. The van der Waals surface area contributed by atoms with Crippen molar-refractivity contribution in [3.63, 3.8) is 0 Å². The van der Waals surface area contributed by atoms with Gasteiger partial charge in [0.05, 0.1) is 32.1 Å². The van der Waals surface area contributed by atoms with Crippen molar-refractivity contribution >= 4 is 17.6 Å². The van der Waals surface area contributed by atoms with Crippen molar-refractivity contribution in [1.29, 1.82) is 5.26 Å². The second-order valence-corrected chi connectivity index (χ2v) is 6.39. The zero-order chi connectivity index (χ0) is 22.8. The lowest BCUT2D eigenvalue weighted by molar-refractivity contribution is -0.112. The number of amides is 1. The molecule has 8 heteroatoms. The van der Waals surface area contributed by atoms with E-state index in [-0.39, 0.29) is 29.5 Å². The van der Waals surface area contributed by atoms with Crippen LogP contribution in [0, 0.1) is 11.3 Å². The Hall–Kier alpha value is -3.99. The Kier molecular flexibility index (Phi) is 8.46. The number of nitrogens with one attached hydrogen (secondary N) is 2. The third-order valence-corrected chi connectivity index (χ3v) is 4.42. The standard InChI is InChI=1S/C23H25N3O5/c1-5-31-23(28)18-8-6-7-9-19(18)26-22(27)17(13-24)14-25-15(2)16-10-11-20(29-3)21(12-16)30-4/h6-12,14-15,25H,5H2,1-4H3,(H,26,27)/b17-14-. The Morgan fingerprint density at radius 2 is 1.84 bits per heavy atom. The Morgan fingerprint density at radius 1 is 1.13 bits per heavy atom. The molecule has 2 aromatic rings. The summed E-state index contributed by atoms with van der Waals surface area (Å²) < 4.78 is 15.5. The number of benzene rings is 2. The van der Waals surface area contributed by atoms with Crippen molar-refractivity contribution in [3.8, 4) is 17.6 Å². The van der Waals surface area contributed by atoms with Gasteiger partial charge in [0, 0.05) is 12.2 Å². The molecule has 0 heterocycles. The SMILES string of the molecule is CCOC(=O)c1ccccc1NC(=O)/C(C#N)=C\NC(C)c1ccc(OC)c(OC)c1. The first-order valence-corrected chi connectivity index (χ1v) is 9.60. The molecule has 8 nitrogen and oxygen atoms in total. The Labute approximate surface area is 181 Å². The van der Waals surface area contributed by atoms with Crippen molar-refractivity contribution < 1.29 is 23.8 Å². The Bertz CT molecular complexity index is 1010. The summed E-state index contributed by atoms with van der Waals surface area (Å²) in [7, 11) is 3.10. The van der Waals surface area contributed by atoms with Crippen LogP contribution < -0.4 is 20.1 Å². The van der Waals surface area contributed by atoms with Crippen LogP contribution >= 0.6 is 0 Å². The molecule has 0 bridgehead atoms. The van der Waals surface area contributed by atoms with Crippen LogP contribution in [-0.2, 0) is 9.53 Å². The molecular formula is C23H25N3O5. The first-order chi connectivity index (χ1) is 14.9. The zero-order valence-corrected chi connectivity index (χ0v) is 17.9. The molecule has 0 saturated heterocycles. The number of methoxy groups -OCH3 is 2. The summed E-state index contributed by atoms with van der Waals surface area (Å²) in [5.74, 6) is -0.0230. The van der Waals surface area contributed by atoms with Crippen molar-refractivity contribution in [2.24, 2.45) is 0 Å². The molecule has 162 valence electrons. The van der Waals surface area contributed by atoms with E-state index in [9.17, 15) is 14.9 Å². The van der Waals surface area contributed by atoms with E-state index < -0.39 is 11.9 Å². The largest absolute Gasteiger partial charge is 0.493 e. The minimum absolute atomic E-state index is 0.147. The summed E-state index contributed by atoms with van der Waals surface area (Å²) in [5, 5.41) is 15.0. The summed E-state index contributed by atoms with van der Waals surface area (Å²) >= 11 is 0. The molecule has 0 radical (unpaired) electrons. The molecule has 1 unspecified atom stereocenters. The average Bonchev–Trinajstić information content (AvgIpc) is 2.79. The topological polar surface area (TPSA) is 110 Å².